The number of hydrogen-bond donors (Lipinski definition) is 1. The van der Waals surface area contributed by atoms with E-state index in [1.807, 2.05) is 43.5 Å². The van der Waals surface area contributed by atoms with E-state index in [4.69, 9.17) is 4.74 Å². The van der Waals surface area contributed by atoms with Crippen LogP contribution in [0.1, 0.15) is 39.2 Å². The van der Waals surface area contributed by atoms with Crippen molar-refractivity contribution in [3.05, 3.63) is 64.0 Å². The summed E-state index contributed by atoms with van der Waals surface area (Å²) in [6, 6.07) is 12.7. The maximum atomic E-state index is 13.4. The van der Waals surface area contributed by atoms with E-state index in [1.165, 1.54) is 6.07 Å². The first-order chi connectivity index (χ1) is 14.9. The Balaban J connectivity index is 1.69. The predicted molar refractivity (Wildman–Crippen MR) is 131 cm³/mol. The molecule has 1 saturated carbocycles. The fourth-order valence-corrected chi connectivity index (χ4v) is 6.99. The van der Waals surface area contributed by atoms with Crippen LogP contribution in [0.5, 0.6) is 0 Å². The van der Waals surface area contributed by atoms with Gasteiger partial charge in [0.2, 0.25) is 0 Å². The number of nitrogens with one attached hydrogen (secondary N) is 1. The van der Waals surface area contributed by atoms with Gasteiger partial charge in [0.15, 0.2) is 0 Å². The third-order valence-corrected chi connectivity index (χ3v) is 9.01. The molecule has 7 nitrogen and oxygen atoms in total. The molecule has 0 radical (unpaired) electrons. The summed E-state index contributed by atoms with van der Waals surface area (Å²) < 4.78 is 37.9. The van der Waals surface area contributed by atoms with Crippen molar-refractivity contribution in [2.75, 3.05) is 0 Å². The zero-order chi connectivity index (χ0) is 23.3. The van der Waals surface area contributed by atoms with E-state index >= 15 is 0 Å². The quantitative estimate of drug-likeness (QED) is 0.344. The summed E-state index contributed by atoms with van der Waals surface area (Å²) in [4.78, 5) is 13.3. The third-order valence-electron chi connectivity index (χ3n) is 5.41. The summed E-state index contributed by atoms with van der Waals surface area (Å²) >= 11 is 3.24. The molecule has 0 aliphatic heterocycles. The second-order valence-corrected chi connectivity index (χ2v) is 13.1. The Labute approximate surface area is 205 Å². The lowest BCUT2D eigenvalue weighted by Crippen LogP contribution is -2.48. The number of ether oxygens (including phenoxy) is 1. The minimum absolute atomic E-state index is 0.117. The highest BCUT2D eigenvalue weighted by atomic mass is 127. The van der Waals surface area contributed by atoms with E-state index in [0.717, 1.165) is 20.5 Å². The van der Waals surface area contributed by atoms with Gasteiger partial charge in [0, 0.05) is 12.1 Å². The average molecular weight is 585 g/mol. The van der Waals surface area contributed by atoms with Crippen LogP contribution in [0.15, 0.2) is 59.1 Å². The molecule has 0 bridgehead atoms. The molecule has 2 aromatic heterocycles. The van der Waals surface area contributed by atoms with Gasteiger partial charge in [-0.3, -0.25) is 0 Å². The van der Waals surface area contributed by atoms with Crippen LogP contribution in [0, 0.1) is 9.49 Å². The highest BCUT2D eigenvalue weighted by Crippen LogP contribution is 2.59. The largest absolute Gasteiger partial charge is 0.459 e. The predicted octanol–water partition coefficient (Wildman–Crippen LogP) is 4.33. The van der Waals surface area contributed by atoms with Crippen molar-refractivity contribution in [1.82, 2.24) is 14.5 Å². The van der Waals surface area contributed by atoms with E-state index in [1.54, 1.807) is 37.7 Å². The molecule has 0 spiro atoms. The number of rotatable bonds is 6. The van der Waals surface area contributed by atoms with Gasteiger partial charge in [-0.05, 0) is 67.0 Å². The van der Waals surface area contributed by atoms with Gasteiger partial charge in [-0.1, -0.05) is 37.3 Å². The molecular weight excluding hydrogens is 561 g/mol. The highest BCUT2D eigenvalue weighted by Gasteiger charge is 2.71. The average Bonchev–Trinajstić information content (AvgIpc) is 3.11. The summed E-state index contributed by atoms with van der Waals surface area (Å²) in [6.07, 6.45) is 3.51. The molecule has 1 unspecified atom stereocenters. The van der Waals surface area contributed by atoms with Crippen LogP contribution in [0.2, 0.25) is 0 Å². The van der Waals surface area contributed by atoms with Gasteiger partial charge in [-0.25, -0.2) is 17.9 Å². The van der Waals surface area contributed by atoms with Crippen LogP contribution in [0.3, 0.4) is 0 Å². The molecule has 1 aromatic carbocycles. The van der Waals surface area contributed by atoms with Crippen LogP contribution in [-0.2, 0) is 19.6 Å². The summed E-state index contributed by atoms with van der Waals surface area (Å²) in [5, 5.41) is 4.90. The lowest BCUT2D eigenvalue weighted by atomic mass is 10.1. The van der Waals surface area contributed by atoms with Crippen molar-refractivity contribution in [1.29, 1.82) is 0 Å². The maximum Gasteiger partial charge on any atom is 0.328 e. The topological polar surface area (TPSA) is 90.3 Å². The number of carbonyl (C=O) groups is 1. The van der Waals surface area contributed by atoms with Crippen LogP contribution < -0.4 is 4.72 Å². The Kier molecular flexibility index (Phi) is 6.02. The summed E-state index contributed by atoms with van der Waals surface area (Å²) in [5.41, 5.74) is -1.21. The van der Waals surface area contributed by atoms with Crippen molar-refractivity contribution in [3.8, 4) is 5.00 Å². The summed E-state index contributed by atoms with van der Waals surface area (Å²) in [7, 11) is -3.99. The minimum Gasteiger partial charge on any atom is -0.459 e. The Morgan fingerprint density at radius 3 is 2.50 bits per heavy atom. The molecule has 0 amide bonds. The molecule has 3 atom stereocenters. The molecule has 1 aliphatic rings. The standard InChI is InChI=1S/C22H24IN3O4S2/c1-14-19(15-8-6-5-7-9-15)22(14,20(27)30-21(2,3)4)25-32(28,29)18-11-10-17(31-18)26-13-16(23)12-24-26/h5-14,19,25H,1-4H3/t14-,19?,22-/m0/s1. The molecule has 1 aliphatic carbocycles. The number of benzene rings is 1. The number of halogens is 1. The number of carbonyl (C=O) groups excluding carboxylic acids is 1. The fourth-order valence-electron chi connectivity index (χ4n) is 3.92. The van der Waals surface area contributed by atoms with Gasteiger partial charge in [0.1, 0.15) is 20.4 Å². The minimum atomic E-state index is -3.99. The Hall–Kier alpha value is -1.76. The molecule has 2 heterocycles. The molecule has 0 saturated heterocycles. The summed E-state index contributed by atoms with van der Waals surface area (Å²) in [5.74, 6) is -1.14. The summed E-state index contributed by atoms with van der Waals surface area (Å²) in [6.45, 7) is 7.19. The van der Waals surface area contributed by atoms with Gasteiger partial charge < -0.3 is 4.74 Å². The monoisotopic (exact) mass is 585 g/mol. The first-order valence-corrected chi connectivity index (χ1v) is 13.4. The zero-order valence-corrected chi connectivity index (χ0v) is 21.9. The molecular formula is C22H24IN3O4S2. The Bertz CT molecular complexity index is 1250. The molecule has 10 heteroatoms. The van der Waals surface area contributed by atoms with Gasteiger partial charge in [0.25, 0.3) is 10.0 Å². The van der Waals surface area contributed by atoms with Crippen molar-refractivity contribution >= 4 is 49.9 Å². The van der Waals surface area contributed by atoms with Gasteiger partial charge in [-0.15, -0.1) is 11.3 Å². The van der Waals surface area contributed by atoms with Crippen LogP contribution in [-0.4, -0.2) is 35.3 Å². The van der Waals surface area contributed by atoms with E-state index < -0.39 is 27.1 Å². The number of aromatic nitrogens is 2. The second kappa shape index (κ2) is 8.23. The molecule has 3 aromatic rings. The van der Waals surface area contributed by atoms with Crippen molar-refractivity contribution < 1.29 is 17.9 Å². The molecule has 4 rings (SSSR count). The van der Waals surface area contributed by atoms with Crippen molar-refractivity contribution in [2.24, 2.45) is 5.92 Å². The van der Waals surface area contributed by atoms with E-state index in [0.29, 0.717) is 5.00 Å². The number of esters is 1. The van der Waals surface area contributed by atoms with Gasteiger partial charge >= 0.3 is 5.97 Å². The molecule has 32 heavy (non-hydrogen) atoms. The van der Waals surface area contributed by atoms with Crippen LogP contribution in [0.4, 0.5) is 0 Å². The van der Waals surface area contributed by atoms with Gasteiger partial charge in [0.05, 0.1) is 9.77 Å². The normalized spacial score (nSPS) is 23.2. The maximum absolute atomic E-state index is 13.4. The first kappa shape index (κ1) is 23.4. The van der Waals surface area contributed by atoms with E-state index in [9.17, 15) is 13.2 Å². The molecule has 1 fully saturated rings. The number of thiophene rings is 1. The smallest absolute Gasteiger partial charge is 0.328 e. The zero-order valence-electron chi connectivity index (χ0n) is 18.1. The Morgan fingerprint density at radius 2 is 1.91 bits per heavy atom. The molecule has 170 valence electrons. The van der Waals surface area contributed by atoms with Crippen molar-refractivity contribution in [2.45, 2.75) is 49.0 Å². The second-order valence-electron chi connectivity index (χ2n) is 8.85. The lowest BCUT2D eigenvalue weighted by Gasteiger charge is -2.25. The highest BCUT2D eigenvalue weighted by molar-refractivity contribution is 14.1. The van der Waals surface area contributed by atoms with Crippen molar-refractivity contribution in [3.63, 3.8) is 0 Å². The fraction of sp³-hybridized carbons (Fsp3) is 0.364. The SMILES string of the molecule is C[C@H]1C(c2ccccc2)[C@]1(NS(=O)(=O)c1ccc(-n2cc(I)cn2)s1)C(=O)OC(C)(C)C. The lowest BCUT2D eigenvalue weighted by molar-refractivity contribution is -0.158. The van der Waals surface area contributed by atoms with Gasteiger partial charge in [-0.2, -0.15) is 9.82 Å². The van der Waals surface area contributed by atoms with E-state index in [2.05, 4.69) is 32.4 Å². The Morgan fingerprint density at radius 1 is 1.22 bits per heavy atom. The number of sulfonamides is 1. The third kappa shape index (κ3) is 4.37. The van der Waals surface area contributed by atoms with Crippen LogP contribution in [0.25, 0.3) is 5.00 Å². The molecule has 1 N–H and O–H groups in total. The van der Waals surface area contributed by atoms with Crippen LogP contribution >= 0.6 is 33.9 Å². The van der Waals surface area contributed by atoms with E-state index in [-0.39, 0.29) is 16.0 Å². The number of hydrogen-bond acceptors (Lipinski definition) is 6. The first-order valence-electron chi connectivity index (χ1n) is 10.1. The number of nitrogens with zero attached hydrogens (tertiary/aromatic N) is 2.